The zero-order valence-corrected chi connectivity index (χ0v) is 14.9. The van der Waals surface area contributed by atoms with E-state index in [-0.39, 0.29) is 17.7 Å². The predicted molar refractivity (Wildman–Crippen MR) is 93.3 cm³/mol. The lowest BCUT2D eigenvalue weighted by Crippen LogP contribution is -2.53. The molecule has 1 aliphatic heterocycles. The number of carbonyl (C=O) groups excluding carboxylic acids is 1. The first-order chi connectivity index (χ1) is 12.1. The maximum atomic E-state index is 13.8. The lowest BCUT2D eigenvalue weighted by molar-refractivity contribution is 0.0914. The Kier molecular flexibility index (Phi) is 6.85. The summed E-state index contributed by atoms with van der Waals surface area (Å²) in [5, 5.41) is 3.22. The largest absolute Gasteiger partial charge is 0.494 e. The van der Waals surface area contributed by atoms with Crippen LogP contribution in [0.1, 0.15) is 12.5 Å². The van der Waals surface area contributed by atoms with Crippen molar-refractivity contribution in [3.05, 3.63) is 29.6 Å². The Morgan fingerprint density at radius 2 is 1.96 bits per heavy atom. The van der Waals surface area contributed by atoms with Crippen LogP contribution in [-0.2, 0) is 11.3 Å². The standard InChI is InChI=1S/C17H25FN4O3/c1-4-25-17(23)22-9-7-21(8-10-22)16(19-2)20-12-13-5-6-15(24-3)14(18)11-13/h5-6,11H,4,7-10,12H2,1-3H3,(H,19,20). The number of ether oxygens (including phenoxy) is 2. The smallest absolute Gasteiger partial charge is 0.409 e. The van der Waals surface area contributed by atoms with Crippen LogP contribution < -0.4 is 10.1 Å². The molecule has 0 radical (unpaired) electrons. The molecule has 2 rings (SSSR count). The Labute approximate surface area is 147 Å². The van der Waals surface area contributed by atoms with Crippen LogP contribution in [0.25, 0.3) is 0 Å². The van der Waals surface area contributed by atoms with Crippen molar-refractivity contribution >= 4 is 12.1 Å². The highest BCUT2D eigenvalue weighted by Gasteiger charge is 2.23. The number of hydrogen-bond acceptors (Lipinski definition) is 4. The first kappa shape index (κ1) is 18.8. The van der Waals surface area contributed by atoms with Crippen LogP contribution in [0, 0.1) is 5.82 Å². The summed E-state index contributed by atoms with van der Waals surface area (Å²) in [5.74, 6) is 0.558. The van der Waals surface area contributed by atoms with Gasteiger partial charge in [0.1, 0.15) is 0 Å². The number of piperazine rings is 1. The number of hydrogen-bond donors (Lipinski definition) is 1. The van der Waals surface area contributed by atoms with Crippen LogP contribution in [-0.4, -0.2) is 68.8 Å². The molecule has 1 fully saturated rings. The van der Waals surface area contributed by atoms with Crippen molar-refractivity contribution in [3.63, 3.8) is 0 Å². The number of aliphatic imine (C=N–C) groups is 1. The monoisotopic (exact) mass is 352 g/mol. The molecule has 0 atom stereocenters. The van der Waals surface area contributed by atoms with E-state index < -0.39 is 0 Å². The van der Waals surface area contributed by atoms with Crippen molar-refractivity contribution < 1.29 is 18.7 Å². The Bertz CT molecular complexity index is 616. The number of nitrogens with one attached hydrogen (secondary N) is 1. The van der Waals surface area contributed by atoms with Crippen molar-refractivity contribution in [2.45, 2.75) is 13.5 Å². The van der Waals surface area contributed by atoms with Crippen molar-refractivity contribution in [1.29, 1.82) is 0 Å². The highest BCUT2D eigenvalue weighted by atomic mass is 19.1. The number of benzene rings is 1. The third-order valence-corrected chi connectivity index (χ3v) is 3.98. The fourth-order valence-electron chi connectivity index (χ4n) is 2.65. The van der Waals surface area contributed by atoms with Gasteiger partial charge in [0.15, 0.2) is 17.5 Å². The molecule has 1 N–H and O–H groups in total. The summed E-state index contributed by atoms with van der Waals surface area (Å²) in [7, 11) is 3.14. The van der Waals surface area contributed by atoms with E-state index in [1.54, 1.807) is 31.0 Å². The van der Waals surface area contributed by atoms with E-state index in [2.05, 4.69) is 15.2 Å². The molecule has 7 nitrogen and oxygen atoms in total. The minimum absolute atomic E-state index is 0.225. The molecule has 0 unspecified atom stereocenters. The summed E-state index contributed by atoms with van der Waals surface area (Å²) < 4.78 is 23.7. The van der Waals surface area contributed by atoms with E-state index >= 15 is 0 Å². The number of rotatable bonds is 4. The molecule has 138 valence electrons. The summed E-state index contributed by atoms with van der Waals surface area (Å²) >= 11 is 0. The van der Waals surface area contributed by atoms with Gasteiger partial charge in [0.25, 0.3) is 0 Å². The lowest BCUT2D eigenvalue weighted by Gasteiger charge is -2.35. The van der Waals surface area contributed by atoms with Gasteiger partial charge in [-0.15, -0.1) is 0 Å². The van der Waals surface area contributed by atoms with Gasteiger partial charge in [-0.3, -0.25) is 4.99 Å². The Hall–Kier alpha value is -2.51. The minimum atomic E-state index is -0.389. The van der Waals surface area contributed by atoms with Gasteiger partial charge in [-0.2, -0.15) is 0 Å². The molecular weight excluding hydrogens is 327 g/mol. The first-order valence-corrected chi connectivity index (χ1v) is 8.28. The molecule has 1 heterocycles. The average molecular weight is 352 g/mol. The fourth-order valence-corrected chi connectivity index (χ4v) is 2.65. The molecule has 0 aliphatic carbocycles. The van der Waals surface area contributed by atoms with Crippen LogP contribution in [0.5, 0.6) is 5.75 Å². The zero-order valence-electron chi connectivity index (χ0n) is 14.9. The number of carbonyl (C=O) groups is 1. The minimum Gasteiger partial charge on any atom is -0.494 e. The molecular formula is C17H25FN4O3. The summed E-state index contributed by atoms with van der Waals surface area (Å²) in [5.41, 5.74) is 0.796. The molecule has 8 heteroatoms. The molecule has 1 saturated heterocycles. The number of nitrogens with zero attached hydrogens (tertiary/aromatic N) is 3. The number of guanidine groups is 1. The van der Waals surface area contributed by atoms with Crippen LogP contribution in [0.15, 0.2) is 23.2 Å². The van der Waals surface area contributed by atoms with Gasteiger partial charge in [0, 0.05) is 39.8 Å². The third-order valence-electron chi connectivity index (χ3n) is 3.98. The number of halogens is 1. The van der Waals surface area contributed by atoms with Crippen molar-refractivity contribution in [1.82, 2.24) is 15.1 Å². The molecule has 1 aliphatic rings. The van der Waals surface area contributed by atoms with Gasteiger partial charge in [-0.1, -0.05) is 6.07 Å². The second kappa shape index (κ2) is 9.10. The Morgan fingerprint density at radius 1 is 1.28 bits per heavy atom. The highest BCUT2D eigenvalue weighted by molar-refractivity contribution is 5.80. The maximum absolute atomic E-state index is 13.8. The van der Waals surface area contributed by atoms with Gasteiger partial charge in [0.2, 0.25) is 0 Å². The quantitative estimate of drug-likeness (QED) is 0.660. The van der Waals surface area contributed by atoms with E-state index in [0.29, 0.717) is 39.3 Å². The molecule has 0 saturated carbocycles. The van der Waals surface area contributed by atoms with Crippen LogP contribution in [0.4, 0.5) is 9.18 Å². The maximum Gasteiger partial charge on any atom is 0.409 e. The van der Waals surface area contributed by atoms with Crippen molar-refractivity contribution in [2.75, 3.05) is 46.9 Å². The lowest BCUT2D eigenvalue weighted by atomic mass is 10.2. The molecule has 1 aromatic carbocycles. The van der Waals surface area contributed by atoms with Gasteiger partial charge < -0.3 is 24.6 Å². The van der Waals surface area contributed by atoms with Gasteiger partial charge in [-0.25, -0.2) is 9.18 Å². The molecule has 0 spiro atoms. The summed E-state index contributed by atoms with van der Waals surface area (Å²) in [6.45, 7) is 5.10. The molecule has 1 aromatic rings. The van der Waals surface area contributed by atoms with E-state index in [0.717, 1.165) is 11.5 Å². The first-order valence-electron chi connectivity index (χ1n) is 8.28. The van der Waals surface area contributed by atoms with Gasteiger partial charge in [-0.05, 0) is 24.6 Å². The van der Waals surface area contributed by atoms with E-state index in [1.165, 1.54) is 13.2 Å². The second-order valence-corrected chi connectivity index (χ2v) is 5.54. The SMILES string of the molecule is CCOC(=O)N1CCN(C(=NC)NCc2ccc(OC)c(F)c2)CC1. The van der Waals surface area contributed by atoms with Crippen molar-refractivity contribution in [3.8, 4) is 5.75 Å². The summed E-state index contributed by atoms with van der Waals surface area (Å²) in [6, 6.07) is 4.85. The van der Waals surface area contributed by atoms with Crippen LogP contribution in [0.3, 0.4) is 0 Å². The molecule has 1 amide bonds. The predicted octanol–water partition coefficient (Wildman–Crippen LogP) is 1.68. The molecule has 0 bridgehead atoms. The normalized spacial score (nSPS) is 15.1. The molecule has 25 heavy (non-hydrogen) atoms. The number of methoxy groups -OCH3 is 1. The fraction of sp³-hybridized carbons (Fsp3) is 0.529. The van der Waals surface area contributed by atoms with E-state index in [1.807, 2.05) is 0 Å². The van der Waals surface area contributed by atoms with E-state index in [9.17, 15) is 9.18 Å². The highest BCUT2D eigenvalue weighted by Crippen LogP contribution is 2.17. The van der Waals surface area contributed by atoms with Crippen LogP contribution >= 0.6 is 0 Å². The number of amides is 1. The average Bonchev–Trinajstić information content (AvgIpc) is 2.63. The Morgan fingerprint density at radius 3 is 2.52 bits per heavy atom. The third kappa shape index (κ3) is 4.98. The zero-order chi connectivity index (χ0) is 18.2. The topological polar surface area (TPSA) is 66.4 Å². The summed E-state index contributed by atoms with van der Waals surface area (Å²) in [6.07, 6.45) is -0.279. The second-order valence-electron chi connectivity index (χ2n) is 5.54. The van der Waals surface area contributed by atoms with Gasteiger partial charge in [0.05, 0.1) is 13.7 Å². The van der Waals surface area contributed by atoms with Gasteiger partial charge >= 0.3 is 6.09 Å². The molecule has 0 aromatic heterocycles. The van der Waals surface area contributed by atoms with Crippen LogP contribution in [0.2, 0.25) is 0 Å². The summed E-state index contributed by atoms with van der Waals surface area (Å²) in [4.78, 5) is 19.8. The Balaban J connectivity index is 1.87. The van der Waals surface area contributed by atoms with Crippen molar-refractivity contribution in [2.24, 2.45) is 4.99 Å². The van der Waals surface area contributed by atoms with E-state index in [4.69, 9.17) is 9.47 Å².